The molecule has 0 aliphatic carbocycles. The van der Waals surface area contributed by atoms with Crippen LogP contribution in [0.25, 0.3) is 0 Å². The van der Waals surface area contributed by atoms with Crippen molar-refractivity contribution in [3.05, 3.63) is 0 Å². The number of hydrogen-bond donors (Lipinski definition) is 0. The van der Waals surface area contributed by atoms with Crippen LogP contribution in [0.4, 0.5) is 0 Å². The van der Waals surface area contributed by atoms with E-state index in [9.17, 15) is 24.0 Å². The van der Waals surface area contributed by atoms with Crippen LogP contribution >= 0.6 is 0 Å². The van der Waals surface area contributed by atoms with Gasteiger partial charge in [0, 0.05) is 13.0 Å². The Morgan fingerprint density at radius 2 is 0.719 bits per heavy atom. The van der Waals surface area contributed by atoms with Crippen LogP contribution in [0.1, 0.15) is 246 Å². The predicted molar refractivity (Wildman–Crippen MR) is 259 cm³/mol. The van der Waals surface area contributed by atoms with Gasteiger partial charge in [0.15, 0.2) is 0 Å². The molecule has 0 aromatic carbocycles. The summed E-state index contributed by atoms with van der Waals surface area (Å²) in [5.41, 5.74) is 0. The zero-order chi connectivity index (χ0) is 47.3. The quantitative estimate of drug-likeness (QED) is 0.0328. The number of esters is 5. The molecule has 0 radical (unpaired) electrons. The lowest BCUT2D eigenvalue weighted by atomic mass is 9.94. The number of ether oxygens (including phenoxy) is 5. The van der Waals surface area contributed by atoms with Crippen LogP contribution in [0.2, 0.25) is 0 Å². The zero-order valence-electron chi connectivity index (χ0n) is 42.3. The second-order valence-electron chi connectivity index (χ2n) is 18.5. The molecule has 0 saturated heterocycles. The second kappa shape index (κ2) is 45.5. The van der Waals surface area contributed by atoms with E-state index in [2.05, 4.69) is 27.7 Å². The van der Waals surface area contributed by atoms with Gasteiger partial charge in [0.1, 0.15) is 0 Å². The predicted octanol–water partition coefficient (Wildman–Crippen LogP) is 13.2. The van der Waals surface area contributed by atoms with Crippen LogP contribution in [-0.2, 0) is 47.7 Å². The Hall–Kier alpha value is -2.69. The maximum absolute atomic E-state index is 13.1. The first-order valence-corrected chi connectivity index (χ1v) is 26.6. The number of carbonyl (C=O) groups excluding carboxylic acids is 5. The highest BCUT2D eigenvalue weighted by atomic mass is 16.6. The number of unbranched alkanes of at least 4 members (excludes halogenated alkanes) is 21. The standard InChI is InChI=1S/C53H99NO10/c1-7-11-15-19-21-28-37-46(35-26-17-13-9-3)51(57)61-41-31-24-23-30-39-49(55)64-48(45-50(56)60-44-34-40-54(5)6)53(59)63-43-33-25-32-42-62-52(58)47(36-27-18-14-10-4)38-29-22-20-16-12-8-2/h46-48H,7-45H2,1-6H3. The summed E-state index contributed by atoms with van der Waals surface area (Å²) in [6.07, 6.45) is 30.8. The lowest BCUT2D eigenvalue weighted by Crippen LogP contribution is -2.32. The minimum atomic E-state index is -1.39. The number of carbonyl (C=O) groups is 5. The Kier molecular flexibility index (Phi) is 43.6. The number of nitrogens with zero attached hydrogens (tertiary/aromatic N) is 1. The number of rotatable bonds is 47. The van der Waals surface area contributed by atoms with E-state index in [0.717, 1.165) is 96.4 Å². The number of hydrogen-bond acceptors (Lipinski definition) is 11. The van der Waals surface area contributed by atoms with Crippen molar-refractivity contribution in [1.29, 1.82) is 0 Å². The molecule has 11 nitrogen and oxygen atoms in total. The third kappa shape index (κ3) is 38.6. The van der Waals surface area contributed by atoms with Crippen molar-refractivity contribution >= 4 is 29.8 Å². The fraction of sp³-hybridized carbons (Fsp3) is 0.906. The Bertz CT molecular complexity index is 1130. The molecule has 0 heterocycles. The Morgan fingerprint density at radius 3 is 1.16 bits per heavy atom. The Labute approximate surface area is 392 Å². The van der Waals surface area contributed by atoms with Crippen molar-refractivity contribution in [2.24, 2.45) is 11.8 Å². The minimum absolute atomic E-state index is 0.0217. The average Bonchev–Trinajstić information content (AvgIpc) is 3.27. The lowest BCUT2D eigenvalue weighted by Gasteiger charge is -2.17. The molecule has 0 saturated carbocycles. The van der Waals surface area contributed by atoms with Gasteiger partial charge in [-0.2, -0.15) is 0 Å². The molecule has 0 aromatic heterocycles. The Balaban J connectivity index is 4.82. The summed E-state index contributed by atoms with van der Waals surface area (Å²) in [6.45, 7) is 10.6. The van der Waals surface area contributed by atoms with Gasteiger partial charge >= 0.3 is 29.8 Å². The summed E-state index contributed by atoms with van der Waals surface area (Å²) in [4.78, 5) is 66.6. The molecule has 0 aliphatic rings. The van der Waals surface area contributed by atoms with E-state index in [1.165, 1.54) is 83.5 Å². The zero-order valence-corrected chi connectivity index (χ0v) is 42.3. The first-order chi connectivity index (χ1) is 31.1. The van der Waals surface area contributed by atoms with E-state index >= 15 is 0 Å². The maximum atomic E-state index is 13.1. The molecule has 0 amide bonds. The van der Waals surface area contributed by atoms with Gasteiger partial charge in [-0.1, -0.05) is 169 Å². The van der Waals surface area contributed by atoms with Gasteiger partial charge in [-0.05, 0) is 78.3 Å². The van der Waals surface area contributed by atoms with Gasteiger partial charge in [0.05, 0.1) is 44.7 Å². The first-order valence-electron chi connectivity index (χ1n) is 26.6. The topological polar surface area (TPSA) is 135 Å². The van der Waals surface area contributed by atoms with E-state index in [0.29, 0.717) is 45.3 Å². The van der Waals surface area contributed by atoms with Crippen molar-refractivity contribution in [2.45, 2.75) is 252 Å². The van der Waals surface area contributed by atoms with Crippen LogP contribution in [0.3, 0.4) is 0 Å². The summed E-state index contributed by atoms with van der Waals surface area (Å²) in [5.74, 6) is -2.19. The molecule has 0 rings (SSSR count). The molecule has 11 heteroatoms. The summed E-state index contributed by atoms with van der Waals surface area (Å²) in [5, 5.41) is 0. The second-order valence-corrected chi connectivity index (χ2v) is 18.5. The van der Waals surface area contributed by atoms with Crippen molar-refractivity contribution in [2.75, 3.05) is 47.1 Å². The SMILES string of the molecule is CCCCCCCCC(CCCCCC)C(=O)OCCCCCCC(=O)OC(CC(=O)OCCCN(C)C)C(=O)OCCCCCOC(=O)C(CCCCCC)CCCCCCCC. The summed E-state index contributed by atoms with van der Waals surface area (Å²) >= 11 is 0. The van der Waals surface area contributed by atoms with Crippen molar-refractivity contribution < 1.29 is 47.7 Å². The minimum Gasteiger partial charge on any atom is -0.466 e. The molecule has 0 aromatic rings. The van der Waals surface area contributed by atoms with Crippen LogP contribution in [0, 0.1) is 11.8 Å². The van der Waals surface area contributed by atoms with E-state index in [1.807, 2.05) is 19.0 Å². The Morgan fingerprint density at radius 1 is 0.375 bits per heavy atom. The summed E-state index contributed by atoms with van der Waals surface area (Å²) in [7, 11) is 3.87. The van der Waals surface area contributed by atoms with Crippen LogP contribution in [-0.4, -0.2) is 87.9 Å². The van der Waals surface area contributed by atoms with Gasteiger partial charge < -0.3 is 28.6 Å². The molecular formula is C53H99NO10. The maximum Gasteiger partial charge on any atom is 0.348 e. The smallest absolute Gasteiger partial charge is 0.348 e. The normalized spacial score (nSPS) is 12.7. The molecule has 0 fully saturated rings. The van der Waals surface area contributed by atoms with E-state index < -0.39 is 30.4 Å². The summed E-state index contributed by atoms with van der Waals surface area (Å²) < 4.78 is 27.7. The molecule has 0 N–H and O–H groups in total. The van der Waals surface area contributed by atoms with E-state index in [4.69, 9.17) is 23.7 Å². The third-order valence-electron chi connectivity index (χ3n) is 12.0. The van der Waals surface area contributed by atoms with Gasteiger partial charge in [-0.15, -0.1) is 0 Å². The van der Waals surface area contributed by atoms with Crippen molar-refractivity contribution in [3.8, 4) is 0 Å². The summed E-state index contributed by atoms with van der Waals surface area (Å²) in [6, 6.07) is 0. The monoisotopic (exact) mass is 910 g/mol. The molecule has 376 valence electrons. The molecular weight excluding hydrogens is 811 g/mol. The fourth-order valence-corrected chi connectivity index (χ4v) is 7.86. The van der Waals surface area contributed by atoms with Crippen LogP contribution in [0.15, 0.2) is 0 Å². The van der Waals surface area contributed by atoms with E-state index in [1.54, 1.807) is 0 Å². The van der Waals surface area contributed by atoms with Gasteiger partial charge in [-0.3, -0.25) is 19.2 Å². The largest absolute Gasteiger partial charge is 0.466 e. The highest BCUT2D eigenvalue weighted by molar-refractivity contribution is 5.84. The molecule has 0 bridgehead atoms. The van der Waals surface area contributed by atoms with Gasteiger partial charge in [-0.25, -0.2) is 4.79 Å². The molecule has 0 spiro atoms. The first kappa shape index (κ1) is 61.3. The van der Waals surface area contributed by atoms with Gasteiger partial charge in [0.25, 0.3) is 0 Å². The molecule has 3 atom stereocenters. The van der Waals surface area contributed by atoms with Crippen LogP contribution in [0.5, 0.6) is 0 Å². The lowest BCUT2D eigenvalue weighted by molar-refractivity contribution is -0.172. The highest BCUT2D eigenvalue weighted by Crippen LogP contribution is 2.22. The van der Waals surface area contributed by atoms with Gasteiger partial charge in [0.2, 0.25) is 6.10 Å². The van der Waals surface area contributed by atoms with Crippen molar-refractivity contribution in [1.82, 2.24) is 4.90 Å². The third-order valence-corrected chi connectivity index (χ3v) is 12.0. The molecule has 64 heavy (non-hydrogen) atoms. The highest BCUT2D eigenvalue weighted by Gasteiger charge is 2.28. The van der Waals surface area contributed by atoms with Crippen molar-refractivity contribution in [3.63, 3.8) is 0 Å². The van der Waals surface area contributed by atoms with Crippen LogP contribution < -0.4 is 0 Å². The average molecular weight is 910 g/mol. The molecule has 3 unspecified atom stereocenters. The van der Waals surface area contributed by atoms with E-state index in [-0.39, 0.29) is 43.4 Å². The fourth-order valence-electron chi connectivity index (χ4n) is 7.86. The molecule has 0 aliphatic heterocycles.